The molecule has 0 aromatic heterocycles. The quantitative estimate of drug-likeness (QED) is 0.662. The molecule has 1 fully saturated rings. The Labute approximate surface area is 71.5 Å². The van der Waals surface area contributed by atoms with Crippen molar-refractivity contribution < 1.29 is 9.47 Å². The van der Waals surface area contributed by atoms with Crippen LogP contribution in [0.15, 0.2) is 24.3 Å². The van der Waals surface area contributed by atoms with E-state index in [1.165, 1.54) is 5.69 Å². The lowest BCUT2D eigenvalue weighted by atomic mass is 10.3. The Kier molecular flexibility index (Phi) is 1.87. The standard InChI is InChI=1S/C9H11NO2/c1-11-9-4-2-8(3-5-9)10-6-12-7-10/h2-5H,6-7H2,1H3. The van der Waals surface area contributed by atoms with Crippen molar-refractivity contribution in [1.29, 1.82) is 0 Å². The molecule has 0 unspecified atom stereocenters. The van der Waals surface area contributed by atoms with Crippen LogP contribution in [-0.4, -0.2) is 20.6 Å². The van der Waals surface area contributed by atoms with Crippen molar-refractivity contribution in [2.75, 3.05) is 25.5 Å². The molecule has 0 saturated carbocycles. The summed E-state index contributed by atoms with van der Waals surface area (Å²) in [6, 6.07) is 7.96. The van der Waals surface area contributed by atoms with E-state index in [-0.39, 0.29) is 0 Å². The van der Waals surface area contributed by atoms with E-state index < -0.39 is 0 Å². The van der Waals surface area contributed by atoms with Gasteiger partial charge in [0.2, 0.25) is 0 Å². The van der Waals surface area contributed by atoms with Gasteiger partial charge in [0.1, 0.15) is 19.2 Å². The Balaban J connectivity index is 2.13. The molecular weight excluding hydrogens is 154 g/mol. The zero-order chi connectivity index (χ0) is 8.39. The molecule has 0 atom stereocenters. The minimum atomic E-state index is 0.701. The number of anilines is 1. The molecule has 3 nitrogen and oxygen atoms in total. The third-order valence-corrected chi connectivity index (χ3v) is 1.93. The highest BCUT2D eigenvalue weighted by molar-refractivity contribution is 5.49. The first-order chi connectivity index (χ1) is 5.90. The van der Waals surface area contributed by atoms with E-state index in [2.05, 4.69) is 4.90 Å². The van der Waals surface area contributed by atoms with Crippen molar-refractivity contribution in [2.24, 2.45) is 0 Å². The summed E-state index contributed by atoms with van der Waals surface area (Å²) in [5.74, 6) is 0.889. The molecule has 0 bridgehead atoms. The molecule has 1 aliphatic rings. The summed E-state index contributed by atoms with van der Waals surface area (Å²) >= 11 is 0. The Bertz CT molecular complexity index is 254. The van der Waals surface area contributed by atoms with E-state index in [0.29, 0.717) is 13.5 Å². The molecule has 0 aliphatic carbocycles. The molecule has 0 amide bonds. The van der Waals surface area contributed by atoms with E-state index >= 15 is 0 Å². The molecule has 0 radical (unpaired) electrons. The van der Waals surface area contributed by atoms with Crippen molar-refractivity contribution in [3.8, 4) is 5.75 Å². The molecule has 1 aliphatic heterocycles. The number of rotatable bonds is 2. The van der Waals surface area contributed by atoms with Crippen LogP contribution < -0.4 is 9.64 Å². The normalized spacial score (nSPS) is 15.6. The van der Waals surface area contributed by atoms with E-state index in [1.807, 2.05) is 24.3 Å². The zero-order valence-corrected chi connectivity index (χ0v) is 6.99. The molecule has 2 rings (SSSR count). The number of hydrogen-bond acceptors (Lipinski definition) is 3. The number of methoxy groups -OCH3 is 1. The molecule has 1 saturated heterocycles. The van der Waals surface area contributed by atoms with Crippen LogP contribution in [0.25, 0.3) is 0 Å². The molecule has 3 heteroatoms. The van der Waals surface area contributed by atoms with Gasteiger partial charge in [-0.1, -0.05) is 0 Å². The van der Waals surface area contributed by atoms with Gasteiger partial charge in [-0.25, -0.2) is 0 Å². The first-order valence-corrected chi connectivity index (χ1v) is 3.87. The summed E-state index contributed by atoms with van der Waals surface area (Å²) in [7, 11) is 1.67. The van der Waals surface area contributed by atoms with Gasteiger partial charge >= 0.3 is 0 Å². The Morgan fingerprint density at radius 2 is 1.92 bits per heavy atom. The van der Waals surface area contributed by atoms with Crippen molar-refractivity contribution in [3.63, 3.8) is 0 Å². The van der Waals surface area contributed by atoms with Gasteiger partial charge in [0.25, 0.3) is 0 Å². The van der Waals surface area contributed by atoms with Gasteiger partial charge in [0.05, 0.1) is 7.11 Å². The van der Waals surface area contributed by atoms with Gasteiger partial charge < -0.3 is 14.4 Å². The maximum Gasteiger partial charge on any atom is 0.123 e. The number of hydrogen-bond donors (Lipinski definition) is 0. The largest absolute Gasteiger partial charge is 0.497 e. The molecule has 12 heavy (non-hydrogen) atoms. The van der Waals surface area contributed by atoms with Crippen LogP contribution in [0.5, 0.6) is 5.75 Å². The highest BCUT2D eigenvalue weighted by Gasteiger charge is 2.13. The summed E-state index contributed by atoms with van der Waals surface area (Å²) < 4.78 is 10.1. The van der Waals surface area contributed by atoms with E-state index in [9.17, 15) is 0 Å². The first-order valence-electron chi connectivity index (χ1n) is 3.87. The highest BCUT2D eigenvalue weighted by atomic mass is 16.5. The van der Waals surface area contributed by atoms with Crippen molar-refractivity contribution in [1.82, 2.24) is 0 Å². The predicted molar refractivity (Wildman–Crippen MR) is 46.3 cm³/mol. The lowest BCUT2D eigenvalue weighted by molar-refractivity contribution is 0.0406. The number of nitrogens with zero attached hydrogens (tertiary/aromatic N) is 1. The molecule has 1 aromatic rings. The van der Waals surface area contributed by atoms with Crippen LogP contribution in [0.1, 0.15) is 0 Å². The maximum absolute atomic E-state index is 5.05. The summed E-state index contributed by atoms with van der Waals surface area (Å²) in [6.45, 7) is 1.40. The fourth-order valence-electron chi connectivity index (χ4n) is 1.12. The van der Waals surface area contributed by atoms with Crippen LogP contribution >= 0.6 is 0 Å². The Hall–Kier alpha value is -1.22. The SMILES string of the molecule is COc1ccc(N2COC2)cc1. The fraction of sp³-hybridized carbons (Fsp3) is 0.333. The van der Waals surface area contributed by atoms with Crippen LogP contribution in [0.3, 0.4) is 0 Å². The van der Waals surface area contributed by atoms with Gasteiger partial charge in [-0.3, -0.25) is 0 Å². The number of ether oxygens (including phenoxy) is 2. The smallest absolute Gasteiger partial charge is 0.123 e. The minimum Gasteiger partial charge on any atom is -0.497 e. The average Bonchev–Trinajstić information content (AvgIpc) is 2.03. The van der Waals surface area contributed by atoms with E-state index in [0.717, 1.165) is 5.75 Å². The monoisotopic (exact) mass is 165 g/mol. The maximum atomic E-state index is 5.05. The topological polar surface area (TPSA) is 21.7 Å². The fourth-order valence-corrected chi connectivity index (χ4v) is 1.12. The van der Waals surface area contributed by atoms with Crippen LogP contribution in [-0.2, 0) is 4.74 Å². The van der Waals surface area contributed by atoms with Gasteiger partial charge in [0.15, 0.2) is 0 Å². The summed E-state index contributed by atoms with van der Waals surface area (Å²) in [5.41, 5.74) is 1.18. The van der Waals surface area contributed by atoms with Gasteiger partial charge in [-0.2, -0.15) is 0 Å². The lowest BCUT2D eigenvalue weighted by Gasteiger charge is -2.32. The third kappa shape index (κ3) is 1.23. The number of benzene rings is 1. The molecule has 1 aromatic carbocycles. The summed E-state index contributed by atoms with van der Waals surface area (Å²) in [6.07, 6.45) is 0. The summed E-state index contributed by atoms with van der Waals surface area (Å²) in [4.78, 5) is 2.14. The Morgan fingerprint density at radius 1 is 1.25 bits per heavy atom. The molecule has 1 heterocycles. The highest BCUT2D eigenvalue weighted by Crippen LogP contribution is 2.21. The second-order valence-corrected chi connectivity index (χ2v) is 2.70. The van der Waals surface area contributed by atoms with Crippen LogP contribution in [0.4, 0.5) is 5.69 Å². The molecule has 0 N–H and O–H groups in total. The molecule has 64 valence electrons. The first kappa shape index (κ1) is 7.43. The van der Waals surface area contributed by atoms with Crippen LogP contribution in [0.2, 0.25) is 0 Å². The van der Waals surface area contributed by atoms with E-state index in [1.54, 1.807) is 7.11 Å². The van der Waals surface area contributed by atoms with Crippen molar-refractivity contribution in [3.05, 3.63) is 24.3 Å². The second-order valence-electron chi connectivity index (χ2n) is 2.70. The third-order valence-electron chi connectivity index (χ3n) is 1.93. The van der Waals surface area contributed by atoms with Gasteiger partial charge in [-0.05, 0) is 24.3 Å². The summed E-state index contributed by atoms with van der Waals surface area (Å²) in [5, 5.41) is 0. The molecular formula is C9H11NO2. The Morgan fingerprint density at radius 3 is 2.33 bits per heavy atom. The van der Waals surface area contributed by atoms with Crippen LogP contribution in [0, 0.1) is 0 Å². The molecule has 0 spiro atoms. The zero-order valence-electron chi connectivity index (χ0n) is 6.99. The van der Waals surface area contributed by atoms with Gasteiger partial charge in [0, 0.05) is 5.69 Å². The predicted octanol–water partition coefficient (Wildman–Crippen LogP) is 1.45. The van der Waals surface area contributed by atoms with E-state index in [4.69, 9.17) is 9.47 Å². The average molecular weight is 165 g/mol. The van der Waals surface area contributed by atoms with Crippen molar-refractivity contribution >= 4 is 5.69 Å². The second kappa shape index (κ2) is 3.03. The van der Waals surface area contributed by atoms with Crippen molar-refractivity contribution in [2.45, 2.75) is 0 Å². The lowest BCUT2D eigenvalue weighted by Crippen LogP contribution is -2.39. The minimum absolute atomic E-state index is 0.701. The van der Waals surface area contributed by atoms with Gasteiger partial charge in [-0.15, -0.1) is 0 Å².